The Kier molecular flexibility index (Phi) is 4.79. The van der Waals surface area contributed by atoms with Gasteiger partial charge < -0.3 is 9.15 Å². The second kappa shape index (κ2) is 7.70. The summed E-state index contributed by atoms with van der Waals surface area (Å²) < 4.78 is 11.7. The summed E-state index contributed by atoms with van der Waals surface area (Å²) in [5.41, 5.74) is 2.19. The van der Waals surface area contributed by atoms with Crippen LogP contribution < -0.4 is 0 Å². The van der Waals surface area contributed by atoms with Crippen LogP contribution in [-0.4, -0.2) is 11.0 Å². The van der Waals surface area contributed by atoms with E-state index < -0.39 is 12.1 Å². The largest absolute Gasteiger partial charge is 0.444 e. The lowest BCUT2D eigenvalue weighted by Gasteiger charge is -2.15. The minimum absolute atomic E-state index is 0.337. The molecule has 0 radical (unpaired) electrons. The summed E-state index contributed by atoms with van der Waals surface area (Å²) in [5, 5.41) is 0. The first kappa shape index (κ1) is 16.8. The van der Waals surface area contributed by atoms with E-state index >= 15 is 0 Å². The van der Waals surface area contributed by atoms with Crippen LogP contribution in [0.5, 0.6) is 0 Å². The smallest absolute Gasteiger partial charge is 0.339 e. The number of aromatic nitrogens is 1. The van der Waals surface area contributed by atoms with Crippen molar-refractivity contribution in [2.45, 2.75) is 6.10 Å². The highest BCUT2D eigenvalue weighted by Crippen LogP contribution is 2.30. The molecule has 3 aromatic carbocycles. The number of esters is 1. The van der Waals surface area contributed by atoms with Crippen LogP contribution in [0.25, 0.3) is 11.3 Å². The van der Waals surface area contributed by atoms with Gasteiger partial charge >= 0.3 is 5.97 Å². The van der Waals surface area contributed by atoms with Gasteiger partial charge in [0.15, 0.2) is 5.76 Å². The summed E-state index contributed by atoms with van der Waals surface area (Å²) in [7, 11) is 0. The van der Waals surface area contributed by atoms with Crippen LogP contribution >= 0.6 is 0 Å². The quantitative estimate of drug-likeness (QED) is 0.457. The van der Waals surface area contributed by atoms with Crippen LogP contribution in [0.4, 0.5) is 0 Å². The second-order valence-electron chi connectivity index (χ2n) is 5.99. The summed E-state index contributed by atoms with van der Waals surface area (Å²) in [6.07, 6.45) is 0.924. The van der Waals surface area contributed by atoms with Gasteiger partial charge in [0.05, 0.1) is 11.8 Å². The molecule has 1 atom stereocenters. The molecule has 1 heterocycles. The molecule has 0 bridgehead atoms. The molecule has 4 nitrogen and oxygen atoms in total. The zero-order chi connectivity index (χ0) is 18.5. The minimum Gasteiger partial charge on any atom is -0.444 e. The molecular formula is C23H17NO3. The van der Waals surface area contributed by atoms with Crippen LogP contribution in [0.15, 0.2) is 102 Å². The van der Waals surface area contributed by atoms with Gasteiger partial charge in [0.2, 0.25) is 12.0 Å². The van der Waals surface area contributed by atoms with E-state index in [1.165, 1.54) is 0 Å². The number of nitrogens with zero attached hydrogens (tertiary/aromatic N) is 1. The number of carbonyl (C=O) groups excluding carboxylic acids is 1. The van der Waals surface area contributed by atoms with Gasteiger partial charge in [-0.25, -0.2) is 9.78 Å². The normalized spacial score (nSPS) is 11.7. The fourth-order valence-corrected chi connectivity index (χ4v) is 2.78. The van der Waals surface area contributed by atoms with E-state index in [0.717, 1.165) is 11.1 Å². The average Bonchev–Trinajstić information content (AvgIpc) is 3.24. The van der Waals surface area contributed by atoms with Crippen molar-refractivity contribution < 1.29 is 13.9 Å². The molecule has 4 rings (SSSR count). The molecule has 0 aliphatic carbocycles. The third-order valence-electron chi connectivity index (χ3n) is 4.14. The first-order valence-corrected chi connectivity index (χ1v) is 8.63. The number of hydrogen-bond acceptors (Lipinski definition) is 4. The number of benzene rings is 3. The molecular weight excluding hydrogens is 338 g/mol. The molecule has 27 heavy (non-hydrogen) atoms. The standard InChI is InChI=1S/C23H17NO3/c25-23(19-14-8-3-9-15-19)27-21(18-12-6-2-7-13-18)22-24-16-20(26-22)17-10-4-1-5-11-17/h1-16,21H. The number of rotatable bonds is 5. The minimum atomic E-state index is -0.726. The van der Waals surface area contributed by atoms with Gasteiger partial charge in [0.1, 0.15) is 0 Å². The van der Waals surface area contributed by atoms with Crippen molar-refractivity contribution in [2.75, 3.05) is 0 Å². The summed E-state index contributed by atoms with van der Waals surface area (Å²) in [6.45, 7) is 0. The molecule has 1 aromatic heterocycles. The number of oxazole rings is 1. The lowest BCUT2D eigenvalue weighted by molar-refractivity contribution is 0.0328. The molecule has 0 aliphatic rings. The van der Waals surface area contributed by atoms with E-state index in [4.69, 9.17) is 9.15 Å². The molecule has 0 amide bonds. The number of carbonyl (C=O) groups is 1. The second-order valence-corrected chi connectivity index (χ2v) is 5.99. The number of ether oxygens (including phenoxy) is 1. The van der Waals surface area contributed by atoms with E-state index in [1.807, 2.05) is 66.7 Å². The molecule has 0 N–H and O–H groups in total. The lowest BCUT2D eigenvalue weighted by atomic mass is 10.1. The third-order valence-corrected chi connectivity index (χ3v) is 4.14. The van der Waals surface area contributed by atoms with Crippen molar-refractivity contribution in [2.24, 2.45) is 0 Å². The van der Waals surface area contributed by atoms with Gasteiger partial charge in [-0.2, -0.15) is 0 Å². The first-order chi connectivity index (χ1) is 13.3. The zero-order valence-corrected chi connectivity index (χ0v) is 14.5. The Morgan fingerprint density at radius 1 is 0.815 bits per heavy atom. The Morgan fingerprint density at radius 3 is 2.07 bits per heavy atom. The predicted molar refractivity (Wildman–Crippen MR) is 102 cm³/mol. The highest BCUT2D eigenvalue weighted by molar-refractivity contribution is 5.89. The molecule has 132 valence electrons. The zero-order valence-electron chi connectivity index (χ0n) is 14.5. The molecule has 0 fully saturated rings. The molecule has 1 unspecified atom stereocenters. The van der Waals surface area contributed by atoms with E-state index in [2.05, 4.69) is 4.98 Å². The van der Waals surface area contributed by atoms with Crippen molar-refractivity contribution in [1.29, 1.82) is 0 Å². The van der Waals surface area contributed by atoms with Crippen molar-refractivity contribution in [1.82, 2.24) is 4.98 Å². The maximum Gasteiger partial charge on any atom is 0.339 e. The lowest BCUT2D eigenvalue weighted by Crippen LogP contribution is -2.13. The topological polar surface area (TPSA) is 52.3 Å². The highest BCUT2D eigenvalue weighted by atomic mass is 16.6. The maximum atomic E-state index is 12.6. The van der Waals surface area contributed by atoms with Crippen molar-refractivity contribution in [3.05, 3.63) is 114 Å². The van der Waals surface area contributed by atoms with Crippen molar-refractivity contribution in [3.8, 4) is 11.3 Å². The summed E-state index contributed by atoms with van der Waals surface area (Å²) in [5.74, 6) is 0.538. The average molecular weight is 355 g/mol. The Morgan fingerprint density at radius 2 is 1.41 bits per heavy atom. The number of hydrogen-bond donors (Lipinski definition) is 0. The fraction of sp³-hybridized carbons (Fsp3) is 0.0435. The van der Waals surface area contributed by atoms with Crippen molar-refractivity contribution >= 4 is 5.97 Å². The summed E-state index contributed by atoms with van der Waals surface area (Å²) in [4.78, 5) is 17.0. The predicted octanol–water partition coefficient (Wildman–Crippen LogP) is 5.29. The monoisotopic (exact) mass is 355 g/mol. The van der Waals surface area contributed by atoms with Crippen LogP contribution in [0, 0.1) is 0 Å². The molecule has 0 spiro atoms. The van der Waals surface area contributed by atoms with Gasteiger partial charge in [-0.05, 0) is 12.1 Å². The molecule has 0 aliphatic heterocycles. The summed E-state index contributed by atoms with van der Waals surface area (Å²) >= 11 is 0. The van der Waals surface area contributed by atoms with Gasteiger partial charge in [0, 0.05) is 11.1 Å². The Hall–Kier alpha value is -3.66. The van der Waals surface area contributed by atoms with Gasteiger partial charge in [-0.15, -0.1) is 0 Å². The van der Waals surface area contributed by atoms with Gasteiger partial charge in [0.25, 0.3) is 0 Å². The van der Waals surface area contributed by atoms with Crippen LogP contribution in [-0.2, 0) is 4.74 Å². The van der Waals surface area contributed by atoms with Crippen molar-refractivity contribution in [3.63, 3.8) is 0 Å². The van der Waals surface area contributed by atoms with Crippen LogP contribution in [0.2, 0.25) is 0 Å². The third kappa shape index (κ3) is 3.80. The highest BCUT2D eigenvalue weighted by Gasteiger charge is 2.25. The van der Waals surface area contributed by atoms with Crippen LogP contribution in [0.3, 0.4) is 0 Å². The van der Waals surface area contributed by atoms with E-state index in [0.29, 0.717) is 17.2 Å². The van der Waals surface area contributed by atoms with E-state index in [9.17, 15) is 4.79 Å². The molecule has 0 saturated heterocycles. The van der Waals surface area contributed by atoms with E-state index in [1.54, 1.807) is 30.5 Å². The Labute approximate surface area is 157 Å². The van der Waals surface area contributed by atoms with E-state index in [-0.39, 0.29) is 0 Å². The molecule has 4 aromatic rings. The molecule has 0 saturated carbocycles. The Balaban J connectivity index is 1.67. The van der Waals surface area contributed by atoms with Gasteiger partial charge in [-0.3, -0.25) is 0 Å². The Bertz CT molecular complexity index is 1010. The molecule has 4 heteroatoms. The summed E-state index contributed by atoms with van der Waals surface area (Å²) in [6, 6.07) is 28.0. The van der Waals surface area contributed by atoms with Crippen LogP contribution in [0.1, 0.15) is 27.9 Å². The van der Waals surface area contributed by atoms with Gasteiger partial charge in [-0.1, -0.05) is 78.9 Å². The maximum absolute atomic E-state index is 12.6. The SMILES string of the molecule is O=C(OC(c1ccccc1)c1ncc(-c2ccccc2)o1)c1ccccc1. The first-order valence-electron chi connectivity index (χ1n) is 8.63. The fourth-order valence-electron chi connectivity index (χ4n) is 2.78.